The molecule has 26 heavy (non-hydrogen) atoms. The summed E-state index contributed by atoms with van der Waals surface area (Å²) in [6, 6.07) is 16.7. The molecule has 3 rings (SSSR count). The number of nitrogens with one attached hydrogen (secondary N) is 2. The van der Waals surface area contributed by atoms with Gasteiger partial charge in [-0.05, 0) is 37.1 Å². The van der Waals surface area contributed by atoms with Gasteiger partial charge in [-0.3, -0.25) is 4.79 Å². The lowest BCUT2D eigenvalue weighted by Crippen LogP contribution is -2.16. The predicted molar refractivity (Wildman–Crippen MR) is 105 cm³/mol. The normalized spacial score (nSPS) is 10.4. The monoisotopic (exact) mass is 366 g/mol. The van der Waals surface area contributed by atoms with E-state index >= 15 is 0 Å². The number of benzene rings is 2. The Balaban J connectivity index is 1.85. The van der Waals surface area contributed by atoms with E-state index in [2.05, 4.69) is 20.6 Å². The van der Waals surface area contributed by atoms with E-state index in [1.54, 1.807) is 19.1 Å². The summed E-state index contributed by atoms with van der Waals surface area (Å²) in [5.41, 5.74) is 2.87. The first kappa shape index (κ1) is 17.9. The third-order valence-electron chi connectivity index (χ3n) is 3.85. The number of hydrogen-bond donors (Lipinski definition) is 2. The molecule has 0 bridgehead atoms. The number of anilines is 3. The largest absolute Gasteiger partial charge is 0.339 e. The van der Waals surface area contributed by atoms with Gasteiger partial charge in [0.05, 0.1) is 10.7 Å². The van der Waals surface area contributed by atoms with Crippen molar-refractivity contribution in [3.63, 3.8) is 0 Å². The molecule has 0 saturated carbocycles. The minimum atomic E-state index is -0.279. The fourth-order valence-corrected chi connectivity index (χ4v) is 2.77. The van der Waals surface area contributed by atoms with Crippen molar-refractivity contribution < 1.29 is 4.79 Å². The van der Waals surface area contributed by atoms with Crippen LogP contribution >= 0.6 is 11.6 Å². The maximum Gasteiger partial charge on any atom is 0.274 e. The van der Waals surface area contributed by atoms with E-state index in [0.717, 1.165) is 23.4 Å². The molecule has 1 heterocycles. The number of carbonyl (C=O) groups is 1. The lowest BCUT2D eigenvalue weighted by atomic mass is 10.1. The van der Waals surface area contributed by atoms with Gasteiger partial charge in [0.2, 0.25) is 0 Å². The van der Waals surface area contributed by atoms with Crippen LogP contribution < -0.4 is 10.6 Å². The first-order chi connectivity index (χ1) is 12.6. The highest BCUT2D eigenvalue weighted by molar-refractivity contribution is 6.33. The van der Waals surface area contributed by atoms with Crippen LogP contribution in [-0.4, -0.2) is 15.9 Å². The molecule has 6 heteroatoms. The minimum Gasteiger partial charge on any atom is -0.339 e. The molecular formula is C20H19ClN4O. The molecule has 5 nitrogen and oxygen atoms in total. The summed E-state index contributed by atoms with van der Waals surface area (Å²) in [5, 5.41) is 6.63. The van der Waals surface area contributed by atoms with E-state index < -0.39 is 0 Å². The van der Waals surface area contributed by atoms with Crippen molar-refractivity contribution in [1.82, 2.24) is 9.97 Å². The van der Waals surface area contributed by atoms with Crippen molar-refractivity contribution in [3.05, 3.63) is 76.7 Å². The molecule has 0 aliphatic rings. The highest BCUT2D eigenvalue weighted by Gasteiger charge is 2.13. The van der Waals surface area contributed by atoms with Gasteiger partial charge >= 0.3 is 0 Å². The highest BCUT2D eigenvalue weighted by atomic mass is 35.5. The molecule has 0 saturated heterocycles. The number of hydrogen-bond acceptors (Lipinski definition) is 4. The predicted octanol–water partition coefficient (Wildman–Crippen LogP) is 5.00. The van der Waals surface area contributed by atoms with Crippen molar-refractivity contribution in [2.75, 3.05) is 10.6 Å². The van der Waals surface area contributed by atoms with Gasteiger partial charge in [0.1, 0.15) is 17.3 Å². The number of aryl methyl sites for hydroxylation is 2. The molecule has 1 amide bonds. The van der Waals surface area contributed by atoms with E-state index in [-0.39, 0.29) is 11.6 Å². The Morgan fingerprint density at radius 2 is 1.73 bits per heavy atom. The van der Waals surface area contributed by atoms with Crippen LogP contribution in [0, 0.1) is 6.92 Å². The number of halogens is 1. The fraction of sp³-hybridized carbons (Fsp3) is 0.150. The zero-order chi connectivity index (χ0) is 18.5. The Hall–Kier alpha value is -2.92. The van der Waals surface area contributed by atoms with Gasteiger partial charge in [-0.15, -0.1) is 0 Å². The summed E-state index contributed by atoms with van der Waals surface area (Å²) in [7, 11) is 0. The Morgan fingerprint density at radius 3 is 2.46 bits per heavy atom. The van der Waals surface area contributed by atoms with E-state index in [1.807, 2.05) is 49.4 Å². The molecule has 1 aromatic heterocycles. The zero-order valence-electron chi connectivity index (χ0n) is 14.6. The number of rotatable bonds is 5. The van der Waals surface area contributed by atoms with Crippen LogP contribution in [0.15, 0.2) is 54.6 Å². The fourth-order valence-electron chi connectivity index (χ4n) is 2.59. The van der Waals surface area contributed by atoms with Gasteiger partial charge in [0.25, 0.3) is 5.91 Å². The lowest BCUT2D eigenvalue weighted by Gasteiger charge is -2.11. The summed E-state index contributed by atoms with van der Waals surface area (Å²) >= 11 is 6.17. The highest BCUT2D eigenvalue weighted by Crippen LogP contribution is 2.24. The molecule has 0 aliphatic carbocycles. The van der Waals surface area contributed by atoms with E-state index in [0.29, 0.717) is 16.7 Å². The average molecular weight is 367 g/mol. The maximum absolute atomic E-state index is 12.7. The summed E-state index contributed by atoms with van der Waals surface area (Å²) in [6.45, 7) is 3.79. The third-order valence-corrected chi connectivity index (χ3v) is 4.18. The molecule has 2 N–H and O–H groups in total. The van der Waals surface area contributed by atoms with E-state index in [9.17, 15) is 4.79 Å². The van der Waals surface area contributed by atoms with Crippen LogP contribution in [0.2, 0.25) is 5.02 Å². The van der Waals surface area contributed by atoms with Crippen molar-refractivity contribution >= 4 is 34.7 Å². The minimum absolute atomic E-state index is 0.279. The molecule has 0 radical (unpaired) electrons. The standard InChI is InChI=1S/C20H19ClN4O/c1-3-14-8-4-6-10-16(14)25-20(26)18-12-19(23-13(2)22-18)24-17-11-7-5-9-15(17)21/h4-12H,3H2,1-2H3,(H,25,26)(H,22,23,24). The second kappa shape index (κ2) is 7.97. The molecule has 3 aromatic rings. The lowest BCUT2D eigenvalue weighted by molar-refractivity contribution is 0.102. The molecule has 0 aliphatic heterocycles. The third kappa shape index (κ3) is 4.18. The molecule has 2 aromatic carbocycles. The van der Waals surface area contributed by atoms with Gasteiger partial charge in [-0.2, -0.15) is 0 Å². The topological polar surface area (TPSA) is 66.9 Å². The Labute approximate surface area is 157 Å². The Morgan fingerprint density at radius 1 is 1.04 bits per heavy atom. The molecular weight excluding hydrogens is 348 g/mol. The van der Waals surface area contributed by atoms with Crippen molar-refractivity contribution in [2.45, 2.75) is 20.3 Å². The molecule has 0 fully saturated rings. The van der Waals surface area contributed by atoms with E-state index in [1.165, 1.54) is 0 Å². The van der Waals surface area contributed by atoms with Gasteiger partial charge in [-0.25, -0.2) is 9.97 Å². The van der Waals surface area contributed by atoms with Crippen molar-refractivity contribution in [2.24, 2.45) is 0 Å². The van der Waals surface area contributed by atoms with Gasteiger partial charge < -0.3 is 10.6 Å². The summed E-state index contributed by atoms with van der Waals surface area (Å²) in [4.78, 5) is 21.2. The molecule has 0 unspecified atom stereocenters. The Kier molecular flexibility index (Phi) is 5.49. The van der Waals surface area contributed by atoms with Crippen LogP contribution in [0.25, 0.3) is 0 Å². The summed E-state index contributed by atoms with van der Waals surface area (Å²) in [6.07, 6.45) is 0.832. The van der Waals surface area contributed by atoms with Gasteiger partial charge in [0.15, 0.2) is 0 Å². The maximum atomic E-state index is 12.7. The summed E-state index contributed by atoms with van der Waals surface area (Å²) in [5.74, 6) is 0.731. The number of amides is 1. The van der Waals surface area contributed by atoms with Gasteiger partial charge in [-0.1, -0.05) is 48.9 Å². The zero-order valence-corrected chi connectivity index (χ0v) is 15.3. The quantitative estimate of drug-likeness (QED) is 0.667. The van der Waals surface area contributed by atoms with Crippen molar-refractivity contribution in [1.29, 1.82) is 0 Å². The van der Waals surface area contributed by atoms with Crippen LogP contribution in [0.5, 0.6) is 0 Å². The number of para-hydroxylation sites is 2. The smallest absolute Gasteiger partial charge is 0.274 e. The van der Waals surface area contributed by atoms with Crippen LogP contribution in [-0.2, 0) is 6.42 Å². The van der Waals surface area contributed by atoms with Gasteiger partial charge in [0, 0.05) is 11.8 Å². The Bertz CT molecular complexity index is 943. The molecule has 132 valence electrons. The van der Waals surface area contributed by atoms with E-state index in [4.69, 9.17) is 11.6 Å². The number of carbonyl (C=O) groups excluding carboxylic acids is 1. The van der Waals surface area contributed by atoms with Crippen LogP contribution in [0.3, 0.4) is 0 Å². The van der Waals surface area contributed by atoms with Crippen LogP contribution in [0.4, 0.5) is 17.2 Å². The summed E-state index contributed by atoms with van der Waals surface area (Å²) < 4.78 is 0. The second-order valence-corrected chi connectivity index (χ2v) is 6.16. The SMILES string of the molecule is CCc1ccccc1NC(=O)c1cc(Nc2ccccc2Cl)nc(C)n1. The van der Waals surface area contributed by atoms with Crippen molar-refractivity contribution in [3.8, 4) is 0 Å². The molecule has 0 atom stereocenters. The second-order valence-electron chi connectivity index (χ2n) is 5.76. The average Bonchev–Trinajstić information content (AvgIpc) is 2.63. The number of nitrogens with zero attached hydrogens (tertiary/aromatic N) is 2. The molecule has 0 spiro atoms. The first-order valence-electron chi connectivity index (χ1n) is 8.33. The number of aromatic nitrogens is 2. The van der Waals surface area contributed by atoms with Crippen LogP contribution in [0.1, 0.15) is 28.8 Å². The first-order valence-corrected chi connectivity index (χ1v) is 8.71.